The molecule has 0 heterocycles. The van der Waals surface area contributed by atoms with Crippen molar-refractivity contribution in [3.05, 3.63) is 24.3 Å². The standard InChI is InChI=1S/C14H23N3O2/c1-3-8-16-14(18)11-17(2)9-10-19-13-6-4-12(15)5-7-13/h4-7H,3,8-11,15H2,1-2H3,(H,16,18). The molecule has 0 bridgehead atoms. The Balaban J connectivity index is 2.18. The van der Waals surface area contributed by atoms with Gasteiger partial charge in [-0.15, -0.1) is 0 Å². The van der Waals surface area contributed by atoms with Gasteiger partial charge in [-0.3, -0.25) is 9.69 Å². The molecule has 0 aliphatic carbocycles. The lowest BCUT2D eigenvalue weighted by atomic mass is 10.3. The minimum absolute atomic E-state index is 0.0526. The van der Waals surface area contributed by atoms with Gasteiger partial charge in [0.05, 0.1) is 6.54 Å². The molecule has 0 spiro atoms. The summed E-state index contributed by atoms with van der Waals surface area (Å²) in [5.74, 6) is 0.842. The number of nitrogens with zero attached hydrogens (tertiary/aromatic N) is 1. The fourth-order valence-electron chi connectivity index (χ4n) is 1.53. The SMILES string of the molecule is CCCNC(=O)CN(C)CCOc1ccc(N)cc1. The summed E-state index contributed by atoms with van der Waals surface area (Å²) in [5.41, 5.74) is 6.31. The molecule has 0 saturated carbocycles. The lowest BCUT2D eigenvalue weighted by molar-refractivity contribution is -0.122. The Labute approximate surface area is 114 Å². The zero-order chi connectivity index (χ0) is 14.1. The van der Waals surface area contributed by atoms with Crippen molar-refractivity contribution in [3.63, 3.8) is 0 Å². The van der Waals surface area contributed by atoms with E-state index in [0.717, 1.165) is 24.4 Å². The van der Waals surface area contributed by atoms with Crippen molar-refractivity contribution in [1.29, 1.82) is 0 Å². The van der Waals surface area contributed by atoms with Crippen molar-refractivity contribution < 1.29 is 9.53 Å². The molecule has 5 heteroatoms. The van der Waals surface area contributed by atoms with E-state index in [-0.39, 0.29) is 5.91 Å². The molecule has 3 N–H and O–H groups in total. The Kier molecular flexibility index (Phi) is 6.74. The van der Waals surface area contributed by atoms with Crippen LogP contribution in [-0.2, 0) is 4.79 Å². The van der Waals surface area contributed by atoms with Crippen molar-refractivity contribution in [3.8, 4) is 5.75 Å². The number of nitrogens with one attached hydrogen (secondary N) is 1. The van der Waals surface area contributed by atoms with E-state index >= 15 is 0 Å². The van der Waals surface area contributed by atoms with E-state index in [2.05, 4.69) is 5.32 Å². The van der Waals surface area contributed by atoms with Gasteiger partial charge in [0, 0.05) is 18.8 Å². The molecule has 106 valence electrons. The highest BCUT2D eigenvalue weighted by Crippen LogP contribution is 2.12. The highest BCUT2D eigenvalue weighted by molar-refractivity contribution is 5.77. The maximum Gasteiger partial charge on any atom is 0.234 e. The molecule has 0 aliphatic rings. The van der Waals surface area contributed by atoms with Crippen LogP contribution in [0.5, 0.6) is 5.75 Å². The highest BCUT2D eigenvalue weighted by atomic mass is 16.5. The summed E-state index contributed by atoms with van der Waals surface area (Å²) < 4.78 is 5.57. The zero-order valence-electron chi connectivity index (χ0n) is 11.7. The smallest absolute Gasteiger partial charge is 0.234 e. The van der Waals surface area contributed by atoms with Crippen molar-refractivity contribution in [2.45, 2.75) is 13.3 Å². The number of likely N-dealkylation sites (N-methyl/N-ethyl adjacent to an activating group) is 1. The third-order valence-corrected chi connectivity index (χ3v) is 2.61. The Morgan fingerprint density at radius 3 is 2.68 bits per heavy atom. The Hall–Kier alpha value is -1.75. The van der Waals surface area contributed by atoms with Crippen LogP contribution in [0.15, 0.2) is 24.3 Å². The molecular formula is C14H23N3O2. The molecule has 0 aliphatic heterocycles. The normalized spacial score (nSPS) is 10.5. The van der Waals surface area contributed by atoms with Gasteiger partial charge in [0.15, 0.2) is 0 Å². The second-order valence-corrected chi connectivity index (χ2v) is 4.51. The minimum atomic E-state index is 0.0526. The quantitative estimate of drug-likeness (QED) is 0.691. The van der Waals surface area contributed by atoms with Gasteiger partial charge in [-0.1, -0.05) is 6.92 Å². The first kappa shape index (κ1) is 15.3. The van der Waals surface area contributed by atoms with Gasteiger partial charge in [-0.2, -0.15) is 0 Å². The van der Waals surface area contributed by atoms with E-state index in [1.54, 1.807) is 12.1 Å². The van der Waals surface area contributed by atoms with Crippen LogP contribution >= 0.6 is 0 Å². The fourth-order valence-corrected chi connectivity index (χ4v) is 1.53. The number of anilines is 1. The number of ether oxygens (including phenoxy) is 1. The summed E-state index contributed by atoms with van der Waals surface area (Å²) in [4.78, 5) is 13.4. The predicted octanol–water partition coefficient (Wildman–Crippen LogP) is 1.11. The highest BCUT2D eigenvalue weighted by Gasteiger charge is 2.05. The minimum Gasteiger partial charge on any atom is -0.492 e. The molecular weight excluding hydrogens is 242 g/mol. The van der Waals surface area contributed by atoms with E-state index in [1.807, 2.05) is 31.0 Å². The monoisotopic (exact) mass is 265 g/mol. The molecule has 0 aromatic heterocycles. The molecule has 1 rings (SSSR count). The summed E-state index contributed by atoms with van der Waals surface area (Å²) in [6.07, 6.45) is 0.954. The zero-order valence-corrected chi connectivity index (χ0v) is 11.7. The summed E-state index contributed by atoms with van der Waals surface area (Å²) >= 11 is 0. The van der Waals surface area contributed by atoms with Crippen LogP contribution in [0.3, 0.4) is 0 Å². The number of hydrogen-bond acceptors (Lipinski definition) is 4. The van der Waals surface area contributed by atoms with Crippen LogP contribution in [0.1, 0.15) is 13.3 Å². The lowest BCUT2D eigenvalue weighted by Crippen LogP contribution is -2.37. The number of benzene rings is 1. The van der Waals surface area contributed by atoms with Crippen LogP contribution < -0.4 is 15.8 Å². The molecule has 1 aromatic rings. The molecule has 1 amide bonds. The van der Waals surface area contributed by atoms with Crippen molar-refractivity contribution in [2.75, 3.05) is 39.0 Å². The van der Waals surface area contributed by atoms with Gasteiger partial charge in [0.1, 0.15) is 12.4 Å². The Bertz CT molecular complexity index is 379. The summed E-state index contributed by atoms with van der Waals surface area (Å²) in [6.45, 7) is 4.40. The average molecular weight is 265 g/mol. The molecule has 1 aromatic carbocycles. The molecule has 0 unspecified atom stereocenters. The largest absolute Gasteiger partial charge is 0.492 e. The number of rotatable bonds is 8. The third-order valence-electron chi connectivity index (χ3n) is 2.61. The molecule has 0 radical (unpaired) electrons. The van der Waals surface area contributed by atoms with E-state index in [9.17, 15) is 4.79 Å². The third kappa shape index (κ3) is 6.67. The second-order valence-electron chi connectivity index (χ2n) is 4.51. The fraction of sp³-hybridized carbons (Fsp3) is 0.500. The summed E-state index contributed by atoms with van der Waals surface area (Å²) in [6, 6.07) is 7.28. The van der Waals surface area contributed by atoms with Gasteiger partial charge in [0.2, 0.25) is 5.91 Å². The number of carbonyl (C=O) groups excluding carboxylic acids is 1. The maximum absolute atomic E-state index is 11.5. The van der Waals surface area contributed by atoms with Crippen molar-refractivity contribution in [1.82, 2.24) is 10.2 Å². The number of nitrogens with two attached hydrogens (primary N) is 1. The van der Waals surface area contributed by atoms with E-state index in [4.69, 9.17) is 10.5 Å². The van der Waals surface area contributed by atoms with E-state index in [1.165, 1.54) is 0 Å². The number of carbonyl (C=O) groups is 1. The van der Waals surface area contributed by atoms with Crippen LogP contribution in [0.25, 0.3) is 0 Å². The van der Waals surface area contributed by atoms with Crippen LogP contribution in [-0.4, -0.2) is 44.1 Å². The maximum atomic E-state index is 11.5. The van der Waals surface area contributed by atoms with Gasteiger partial charge < -0.3 is 15.8 Å². The van der Waals surface area contributed by atoms with Gasteiger partial charge in [-0.25, -0.2) is 0 Å². The van der Waals surface area contributed by atoms with Gasteiger partial charge in [-0.05, 0) is 37.7 Å². The van der Waals surface area contributed by atoms with E-state index in [0.29, 0.717) is 19.7 Å². The van der Waals surface area contributed by atoms with E-state index < -0.39 is 0 Å². The number of amides is 1. The summed E-state index contributed by atoms with van der Waals surface area (Å²) in [5, 5.41) is 2.84. The van der Waals surface area contributed by atoms with Crippen LogP contribution in [0.2, 0.25) is 0 Å². The number of nitrogen functional groups attached to an aromatic ring is 1. The molecule has 0 atom stereocenters. The molecule has 5 nitrogen and oxygen atoms in total. The summed E-state index contributed by atoms with van der Waals surface area (Å²) in [7, 11) is 1.90. The van der Waals surface area contributed by atoms with Crippen LogP contribution in [0, 0.1) is 0 Å². The first-order valence-corrected chi connectivity index (χ1v) is 6.55. The molecule has 19 heavy (non-hydrogen) atoms. The van der Waals surface area contributed by atoms with Gasteiger partial charge >= 0.3 is 0 Å². The van der Waals surface area contributed by atoms with Crippen LogP contribution in [0.4, 0.5) is 5.69 Å². The lowest BCUT2D eigenvalue weighted by Gasteiger charge is -2.16. The Morgan fingerprint density at radius 1 is 1.37 bits per heavy atom. The first-order chi connectivity index (χ1) is 9.11. The van der Waals surface area contributed by atoms with Crippen molar-refractivity contribution in [2.24, 2.45) is 0 Å². The predicted molar refractivity (Wildman–Crippen MR) is 77.1 cm³/mol. The average Bonchev–Trinajstić information content (AvgIpc) is 2.38. The molecule has 0 saturated heterocycles. The topological polar surface area (TPSA) is 67.6 Å². The van der Waals surface area contributed by atoms with Crippen molar-refractivity contribution >= 4 is 11.6 Å². The first-order valence-electron chi connectivity index (χ1n) is 6.55. The second kappa shape index (κ2) is 8.37. The van der Waals surface area contributed by atoms with Gasteiger partial charge in [0.25, 0.3) is 0 Å². The molecule has 0 fully saturated rings. The number of hydrogen-bond donors (Lipinski definition) is 2. The Morgan fingerprint density at radius 2 is 2.05 bits per heavy atom.